The zero-order valence-corrected chi connectivity index (χ0v) is 11.9. The Hall–Kier alpha value is -2.70. The molecule has 1 heterocycles. The van der Waals surface area contributed by atoms with Gasteiger partial charge in [-0.2, -0.15) is 5.10 Å². The molecule has 110 valence electrons. The molecule has 7 nitrogen and oxygen atoms in total. The maximum absolute atomic E-state index is 11.7. The minimum atomic E-state index is -0.456. The molecule has 1 aromatic carbocycles. The maximum Gasteiger partial charge on any atom is 0.269 e. The van der Waals surface area contributed by atoms with Gasteiger partial charge in [-0.15, -0.1) is 0 Å². The highest BCUT2D eigenvalue weighted by atomic mass is 16.6. The number of hydrogen-bond donors (Lipinski definition) is 1. The predicted molar refractivity (Wildman–Crippen MR) is 78.5 cm³/mol. The van der Waals surface area contributed by atoms with E-state index in [0.29, 0.717) is 17.9 Å². The van der Waals surface area contributed by atoms with E-state index in [-0.39, 0.29) is 11.6 Å². The van der Waals surface area contributed by atoms with Crippen LogP contribution in [-0.2, 0) is 4.79 Å². The van der Waals surface area contributed by atoms with Gasteiger partial charge >= 0.3 is 0 Å². The van der Waals surface area contributed by atoms with Crippen LogP contribution in [0.1, 0.15) is 25.5 Å². The van der Waals surface area contributed by atoms with E-state index >= 15 is 0 Å². The Balaban J connectivity index is 2.30. The summed E-state index contributed by atoms with van der Waals surface area (Å²) < 4.78 is 1.56. The van der Waals surface area contributed by atoms with Gasteiger partial charge in [-0.1, -0.05) is 6.92 Å². The fourth-order valence-electron chi connectivity index (χ4n) is 1.93. The van der Waals surface area contributed by atoms with Gasteiger partial charge in [0.25, 0.3) is 5.69 Å². The molecule has 0 radical (unpaired) electrons. The standard InChI is InChI=1S/C14H16N4O3/c1-3-4-14(19)15-13-9-10(2)16-17(13)11-5-7-12(8-6-11)18(20)21/h5-9H,3-4H2,1-2H3,(H,15,19). The molecule has 2 aromatic rings. The molecule has 0 aliphatic heterocycles. The van der Waals surface area contributed by atoms with Crippen LogP contribution in [0.2, 0.25) is 0 Å². The van der Waals surface area contributed by atoms with Crippen molar-refractivity contribution in [1.29, 1.82) is 0 Å². The van der Waals surface area contributed by atoms with Gasteiger partial charge in [-0.05, 0) is 25.5 Å². The van der Waals surface area contributed by atoms with Crippen molar-refractivity contribution in [2.45, 2.75) is 26.7 Å². The molecule has 0 saturated heterocycles. The van der Waals surface area contributed by atoms with E-state index < -0.39 is 4.92 Å². The van der Waals surface area contributed by atoms with Crippen molar-refractivity contribution >= 4 is 17.4 Å². The fourth-order valence-corrected chi connectivity index (χ4v) is 1.93. The van der Waals surface area contributed by atoms with Crippen molar-refractivity contribution in [3.05, 3.63) is 46.1 Å². The van der Waals surface area contributed by atoms with Crippen LogP contribution in [0.5, 0.6) is 0 Å². The summed E-state index contributed by atoms with van der Waals surface area (Å²) in [7, 11) is 0. The van der Waals surface area contributed by atoms with Gasteiger partial charge in [0.05, 0.1) is 16.3 Å². The number of nitro groups is 1. The summed E-state index contributed by atoms with van der Waals surface area (Å²) in [6.45, 7) is 3.75. The maximum atomic E-state index is 11.7. The second-order valence-corrected chi connectivity index (χ2v) is 4.65. The van der Waals surface area contributed by atoms with Gasteiger partial charge in [0.1, 0.15) is 5.82 Å². The molecule has 0 saturated carbocycles. The van der Waals surface area contributed by atoms with E-state index in [1.807, 2.05) is 13.8 Å². The first-order valence-electron chi connectivity index (χ1n) is 6.62. The lowest BCUT2D eigenvalue weighted by Crippen LogP contribution is -2.14. The van der Waals surface area contributed by atoms with Crippen molar-refractivity contribution in [2.24, 2.45) is 0 Å². The summed E-state index contributed by atoms with van der Waals surface area (Å²) in [6.07, 6.45) is 1.20. The van der Waals surface area contributed by atoms with Crippen molar-refractivity contribution in [1.82, 2.24) is 9.78 Å². The SMILES string of the molecule is CCCC(=O)Nc1cc(C)nn1-c1ccc([N+](=O)[O-])cc1. The van der Waals surface area contributed by atoms with Gasteiger partial charge in [0, 0.05) is 24.6 Å². The number of aromatic nitrogens is 2. The van der Waals surface area contributed by atoms with Crippen LogP contribution in [0.25, 0.3) is 5.69 Å². The lowest BCUT2D eigenvalue weighted by molar-refractivity contribution is -0.384. The average Bonchev–Trinajstić information content (AvgIpc) is 2.79. The number of aryl methyl sites for hydroxylation is 1. The second-order valence-electron chi connectivity index (χ2n) is 4.65. The van der Waals surface area contributed by atoms with E-state index in [1.54, 1.807) is 22.9 Å². The summed E-state index contributed by atoms with van der Waals surface area (Å²) in [5.41, 5.74) is 1.42. The number of hydrogen-bond acceptors (Lipinski definition) is 4. The van der Waals surface area contributed by atoms with Gasteiger partial charge in [-0.25, -0.2) is 4.68 Å². The first-order chi connectivity index (χ1) is 10.0. The summed E-state index contributed by atoms with van der Waals surface area (Å²) in [4.78, 5) is 21.9. The number of amides is 1. The molecular formula is C14H16N4O3. The van der Waals surface area contributed by atoms with Crippen molar-refractivity contribution in [3.63, 3.8) is 0 Å². The van der Waals surface area contributed by atoms with Crippen LogP contribution in [0.15, 0.2) is 30.3 Å². The van der Waals surface area contributed by atoms with Crippen molar-refractivity contribution in [2.75, 3.05) is 5.32 Å². The summed E-state index contributed by atoms with van der Waals surface area (Å²) >= 11 is 0. The number of nitrogens with one attached hydrogen (secondary N) is 1. The lowest BCUT2D eigenvalue weighted by Gasteiger charge is -2.08. The normalized spacial score (nSPS) is 10.4. The van der Waals surface area contributed by atoms with Crippen molar-refractivity contribution in [3.8, 4) is 5.69 Å². The summed E-state index contributed by atoms with van der Waals surface area (Å²) in [6, 6.07) is 7.77. The van der Waals surface area contributed by atoms with E-state index in [1.165, 1.54) is 12.1 Å². The third-order valence-corrected chi connectivity index (χ3v) is 2.88. The molecule has 0 unspecified atom stereocenters. The van der Waals surface area contributed by atoms with E-state index in [4.69, 9.17) is 0 Å². The van der Waals surface area contributed by atoms with Gasteiger partial charge in [-0.3, -0.25) is 14.9 Å². The van der Waals surface area contributed by atoms with E-state index in [2.05, 4.69) is 10.4 Å². The van der Waals surface area contributed by atoms with Gasteiger partial charge < -0.3 is 5.32 Å². The molecular weight excluding hydrogens is 272 g/mol. The number of benzene rings is 1. The third kappa shape index (κ3) is 3.44. The van der Waals surface area contributed by atoms with Gasteiger partial charge in [0.15, 0.2) is 0 Å². The number of non-ortho nitro benzene ring substituents is 1. The number of rotatable bonds is 5. The molecule has 0 bridgehead atoms. The molecule has 1 aromatic heterocycles. The molecule has 0 spiro atoms. The Kier molecular flexibility index (Phi) is 4.32. The highest BCUT2D eigenvalue weighted by Crippen LogP contribution is 2.20. The Morgan fingerprint density at radius 3 is 2.62 bits per heavy atom. The first kappa shape index (κ1) is 14.7. The minimum Gasteiger partial charge on any atom is -0.311 e. The fraction of sp³-hybridized carbons (Fsp3) is 0.286. The molecule has 0 fully saturated rings. The number of carbonyl (C=O) groups excluding carboxylic acids is 1. The van der Waals surface area contributed by atoms with Crippen LogP contribution in [-0.4, -0.2) is 20.6 Å². The monoisotopic (exact) mass is 288 g/mol. The highest BCUT2D eigenvalue weighted by molar-refractivity contribution is 5.90. The molecule has 7 heteroatoms. The van der Waals surface area contributed by atoms with Crippen molar-refractivity contribution < 1.29 is 9.72 Å². The van der Waals surface area contributed by atoms with Crippen LogP contribution in [0, 0.1) is 17.0 Å². The highest BCUT2D eigenvalue weighted by Gasteiger charge is 2.12. The largest absolute Gasteiger partial charge is 0.311 e. The summed E-state index contributed by atoms with van der Waals surface area (Å²) in [5.74, 6) is 0.473. The molecule has 2 rings (SSSR count). The zero-order chi connectivity index (χ0) is 15.4. The van der Waals surface area contributed by atoms with Gasteiger partial charge in [0.2, 0.25) is 5.91 Å². The topological polar surface area (TPSA) is 90.1 Å². The Morgan fingerprint density at radius 2 is 2.05 bits per heavy atom. The third-order valence-electron chi connectivity index (χ3n) is 2.88. The predicted octanol–water partition coefficient (Wildman–Crippen LogP) is 2.83. The molecule has 0 aliphatic rings. The van der Waals surface area contributed by atoms with Crippen LogP contribution in [0.3, 0.4) is 0 Å². The lowest BCUT2D eigenvalue weighted by atomic mass is 10.3. The minimum absolute atomic E-state index is 0.0131. The molecule has 1 N–H and O–H groups in total. The van der Waals surface area contributed by atoms with E-state index in [9.17, 15) is 14.9 Å². The van der Waals surface area contributed by atoms with E-state index in [0.717, 1.165) is 12.1 Å². The number of carbonyl (C=O) groups is 1. The quantitative estimate of drug-likeness (QED) is 0.676. The van der Waals surface area contributed by atoms with Crippen LogP contribution in [0.4, 0.5) is 11.5 Å². The molecule has 0 atom stereocenters. The number of anilines is 1. The first-order valence-corrected chi connectivity index (χ1v) is 6.62. The zero-order valence-electron chi connectivity index (χ0n) is 11.9. The number of nitro benzene ring substituents is 1. The van der Waals surface area contributed by atoms with Crippen LogP contribution < -0.4 is 5.32 Å². The number of nitrogens with zero attached hydrogens (tertiary/aromatic N) is 3. The van der Waals surface area contributed by atoms with Crippen LogP contribution >= 0.6 is 0 Å². The molecule has 1 amide bonds. The molecule has 0 aliphatic carbocycles. The molecule has 21 heavy (non-hydrogen) atoms. The Labute approximate surface area is 121 Å². The smallest absolute Gasteiger partial charge is 0.269 e. The second kappa shape index (κ2) is 6.17. The average molecular weight is 288 g/mol. The summed E-state index contributed by atoms with van der Waals surface area (Å²) in [5, 5.41) is 17.8. The Bertz CT molecular complexity index is 661. The Morgan fingerprint density at radius 1 is 1.38 bits per heavy atom.